The molecule has 0 aromatic heterocycles. The number of hydrogen-bond donors (Lipinski definition) is 1. The highest BCUT2D eigenvalue weighted by Gasteiger charge is 2.52. The van der Waals surface area contributed by atoms with E-state index in [0.717, 1.165) is 40.6 Å². The molecule has 3 heteroatoms. The van der Waals surface area contributed by atoms with Gasteiger partial charge in [-0.2, -0.15) is 0 Å². The van der Waals surface area contributed by atoms with E-state index < -0.39 is 0 Å². The van der Waals surface area contributed by atoms with Gasteiger partial charge in [-0.25, -0.2) is 0 Å². The van der Waals surface area contributed by atoms with E-state index in [-0.39, 0.29) is 0 Å². The molecule has 172 valence electrons. The second-order valence-corrected chi connectivity index (χ2v) is 11.5. The van der Waals surface area contributed by atoms with E-state index in [0.29, 0.717) is 18.1 Å². The molecule has 0 amide bonds. The Labute approximate surface area is 202 Å². The number of fused-ring (bicyclic) bond motifs is 1. The van der Waals surface area contributed by atoms with Crippen LogP contribution in [-0.4, -0.2) is 6.04 Å². The van der Waals surface area contributed by atoms with Crippen molar-refractivity contribution in [2.45, 2.75) is 64.6 Å². The van der Waals surface area contributed by atoms with Gasteiger partial charge in [0, 0.05) is 23.2 Å². The van der Waals surface area contributed by atoms with Crippen molar-refractivity contribution in [2.24, 2.45) is 23.2 Å². The molecular formula is C30H34ClNO. The molecule has 0 radical (unpaired) electrons. The van der Waals surface area contributed by atoms with Gasteiger partial charge in [0.2, 0.25) is 0 Å². The summed E-state index contributed by atoms with van der Waals surface area (Å²) >= 11 is 6.05. The van der Waals surface area contributed by atoms with Crippen LogP contribution in [0.3, 0.4) is 0 Å². The Bertz CT molecular complexity index is 1100. The third-order valence-electron chi connectivity index (χ3n) is 8.89. The largest absolute Gasteiger partial charge is 0.489 e. The van der Waals surface area contributed by atoms with Crippen LogP contribution in [0.5, 0.6) is 5.75 Å². The van der Waals surface area contributed by atoms with E-state index in [1.807, 2.05) is 24.3 Å². The Kier molecular flexibility index (Phi) is 5.63. The van der Waals surface area contributed by atoms with Crippen LogP contribution in [0.15, 0.2) is 60.7 Å². The van der Waals surface area contributed by atoms with Gasteiger partial charge in [-0.3, -0.25) is 0 Å². The lowest BCUT2D eigenvalue weighted by Crippen LogP contribution is -2.54. The molecule has 2 nitrogen and oxygen atoms in total. The Morgan fingerprint density at radius 2 is 1.58 bits per heavy atom. The number of nitrogens with one attached hydrogen (secondary N) is 1. The third kappa shape index (κ3) is 4.17. The second kappa shape index (κ2) is 8.64. The predicted molar refractivity (Wildman–Crippen MR) is 137 cm³/mol. The standard InChI is InChI=1S/C30H34ClNO/c1-20(30-15-22-12-23(16-30)14-24(13-22)17-30)32-18-28-27-5-3-2-4-25(27)8-11-29(28)33-19-21-6-9-26(31)10-7-21/h2-11,20,22-24,32H,12-19H2,1H3/t20-,22?,23?,24?,30?/m0/s1. The Balaban J connectivity index is 1.23. The fraction of sp³-hybridized carbons (Fsp3) is 0.467. The number of ether oxygens (including phenoxy) is 1. The maximum atomic E-state index is 6.37. The van der Waals surface area contributed by atoms with E-state index >= 15 is 0 Å². The van der Waals surface area contributed by atoms with Crippen LogP contribution in [0.2, 0.25) is 5.02 Å². The monoisotopic (exact) mass is 459 g/mol. The van der Waals surface area contributed by atoms with E-state index in [1.54, 1.807) is 0 Å². The zero-order valence-corrected chi connectivity index (χ0v) is 20.3. The van der Waals surface area contributed by atoms with E-state index in [9.17, 15) is 0 Å². The molecule has 1 N–H and O–H groups in total. The summed E-state index contributed by atoms with van der Waals surface area (Å²) in [5.41, 5.74) is 2.91. The van der Waals surface area contributed by atoms with Gasteiger partial charge in [0.05, 0.1) is 0 Å². The summed E-state index contributed by atoms with van der Waals surface area (Å²) in [6, 6.07) is 21.5. The topological polar surface area (TPSA) is 21.3 Å². The molecule has 0 saturated heterocycles. The highest BCUT2D eigenvalue weighted by molar-refractivity contribution is 6.30. The molecule has 3 aromatic rings. The molecular weight excluding hydrogens is 426 g/mol. The van der Waals surface area contributed by atoms with Crippen LogP contribution >= 0.6 is 11.6 Å². The molecule has 0 aliphatic heterocycles. The molecule has 0 spiro atoms. The molecule has 4 aliphatic rings. The SMILES string of the molecule is C[C@H](NCc1c(OCc2ccc(Cl)cc2)ccc2ccccc12)C12CC3CC(CC(C3)C1)C2. The van der Waals surface area contributed by atoms with Gasteiger partial charge in [0.15, 0.2) is 0 Å². The summed E-state index contributed by atoms with van der Waals surface area (Å²) < 4.78 is 6.37. The minimum absolute atomic E-state index is 0.504. The van der Waals surface area contributed by atoms with Gasteiger partial charge in [-0.05, 0) is 103 Å². The molecule has 4 aliphatic carbocycles. The first-order valence-electron chi connectivity index (χ1n) is 12.7. The average molecular weight is 460 g/mol. The highest BCUT2D eigenvalue weighted by Crippen LogP contribution is 2.61. The van der Waals surface area contributed by atoms with Crippen LogP contribution in [0, 0.1) is 23.2 Å². The van der Waals surface area contributed by atoms with E-state index in [4.69, 9.17) is 16.3 Å². The minimum Gasteiger partial charge on any atom is -0.489 e. The molecule has 3 aromatic carbocycles. The first-order chi connectivity index (χ1) is 16.1. The summed E-state index contributed by atoms with van der Waals surface area (Å²) in [5.74, 6) is 3.93. The zero-order chi connectivity index (χ0) is 22.4. The van der Waals surface area contributed by atoms with Crippen molar-refractivity contribution in [1.29, 1.82) is 0 Å². The predicted octanol–water partition coefficient (Wildman–Crippen LogP) is 7.77. The van der Waals surface area contributed by atoms with E-state index in [2.05, 4.69) is 48.6 Å². The molecule has 4 bridgehead atoms. The quantitative estimate of drug-likeness (QED) is 0.389. The molecule has 33 heavy (non-hydrogen) atoms. The van der Waals surface area contributed by atoms with Gasteiger partial charge in [-0.15, -0.1) is 0 Å². The van der Waals surface area contributed by atoms with Crippen molar-refractivity contribution >= 4 is 22.4 Å². The van der Waals surface area contributed by atoms with Crippen molar-refractivity contribution in [2.75, 3.05) is 0 Å². The van der Waals surface area contributed by atoms with Crippen LogP contribution in [-0.2, 0) is 13.2 Å². The van der Waals surface area contributed by atoms with Crippen molar-refractivity contribution < 1.29 is 4.74 Å². The normalized spacial score (nSPS) is 28.8. The van der Waals surface area contributed by atoms with E-state index in [1.165, 1.54) is 54.9 Å². The lowest BCUT2D eigenvalue weighted by Gasteiger charge is -2.59. The summed E-state index contributed by atoms with van der Waals surface area (Å²) in [5, 5.41) is 7.32. The maximum absolute atomic E-state index is 6.37. The number of rotatable bonds is 7. The van der Waals surface area contributed by atoms with Crippen molar-refractivity contribution in [1.82, 2.24) is 5.32 Å². The van der Waals surface area contributed by atoms with Crippen LogP contribution in [0.25, 0.3) is 10.8 Å². The van der Waals surface area contributed by atoms with Crippen molar-refractivity contribution in [3.8, 4) is 5.75 Å². The zero-order valence-electron chi connectivity index (χ0n) is 19.5. The minimum atomic E-state index is 0.504. The Morgan fingerprint density at radius 3 is 2.27 bits per heavy atom. The lowest BCUT2D eigenvalue weighted by atomic mass is 9.48. The van der Waals surface area contributed by atoms with Gasteiger partial charge in [-0.1, -0.05) is 54.1 Å². The first kappa shape index (κ1) is 21.5. The first-order valence-corrected chi connectivity index (χ1v) is 13.1. The smallest absolute Gasteiger partial charge is 0.124 e. The second-order valence-electron chi connectivity index (χ2n) is 11.1. The molecule has 0 heterocycles. The Hall–Kier alpha value is -2.03. The summed E-state index contributed by atoms with van der Waals surface area (Å²) in [6.07, 6.45) is 8.79. The van der Waals surface area contributed by atoms with Crippen LogP contribution in [0.1, 0.15) is 56.6 Å². The average Bonchev–Trinajstić information content (AvgIpc) is 2.81. The van der Waals surface area contributed by atoms with Crippen LogP contribution < -0.4 is 10.1 Å². The maximum Gasteiger partial charge on any atom is 0.124 e. The molecule has 1 atom stereocenters. The molecule has 7 rings (SSSR count). The summed E-state index contributed by atoms with van der Waals surface area (Å²) in [6.45, 7) is 3.85. The molecule has 4 fully saturated rings. The fourth-order valence-corrected chi connectivity index (χ4v) is 7.68. The molecule has 4 saturated carbocycles. The van der Waals surface area contributed by atoms with Crippen LogP contribution in [0.4, 0.5) is 0 Å². The Morgan fingerprint density at radius 1 is 0.909 bits per heavy atom. The lowest BCUT2D eigenvalue weighted by molar-refractivity contribution is -0.0706. The number of benzene rings is 3. The van der Waals surface area contributed by atoms with Gasteiger partial charge in [0.25, 0.3) is 0 Å². The van der Waals surface area contributed by atoms with Gasteiger partial charge >= 0.3 is 0 Å². The van der Waals surface area contributed by atoms with Crippen molar-refractivity contribution in [3.05, 3.63) is 76.8 Å². The highest BCUT2D eigenvalue weighted by atomic mass is 35.5. The third-order valence-corrected chi connectivity index (χ3v) is 9.15. The number of halogens is 1. The summed E-state index contributed by atoms with van der Waals surface area (Å²) in [4.78, 5) is 0. The van der Waals surface area contributed by atoms with Gasteiger partial charge in [0.1, 0.15) is 12.4 Å². The number of hydrogen-bond acceptors (Lipinski definition) is 2. The van der Waals surface area contributed by atoms with Gasteiger partial charge < -0.3 is 10.1 Å². The molecule has 0 unspecified atom stereocenters. The van der Waals surface area contributed by atoms with Crippen molar-refractivity contribution in [3.63, 3.8) is 0 Å². The summed E-state index contributed by atoms with van der Waals surface area (Å²) in [7, 11) is 0. The fourth-order valence-electron chi connectivity index (χ4n) is 7.55.